The number of hydrogen-bond donors (Lipinski definition) is 1. The van der Waals surface area contributed by atoms with E-state index in [1.807, 2.05) is 0 Å². The van der Waals surface area contributed by atoms with Crippen LogP contribution in [0.2, 0.25) is 15.1 Å². The zero-order valence-corrected chi connectivity index (χ0v) is 17.9. The summed E-state index contributed by atoms with van der Waals surface area (Å²) in [5.74, 6) is -0.341. The zero-order chi connectivity index (χ0) is 21.0. The molecule has 3 rings (SSSR count). The number of nitrogens with one attached hydrogen (secondary N) is 1. The standard InChI is InChI=1S/C19H14Cl3FN4OS/c1-2-7-27-18(11-5-3-4-6-15(11)23)25-26-19(27)29-10-17(28)24-16-9-13(21)12(20)8-14(16)22/h2-6,8-9H,1,7,10H2,(H,24,28). The Hall–Kier alpha value is -2.06. The van der Waals surface area contributed by atoms with Gasteiger partial charge in [-0.3, -0.25) is 9.36 Å². The van der Waals surface area contributed by atoms with Crippen molar-refractivity contribution in [2.45, 2.75) is 11.7 Å². The molecule has 0 aliphatic rings. The van der Waals surface area contributed by atoms with Gasteiger partial charge in [0.05, 0.1) is 32.1 Å². The van der Waals surface area contributed by atoms with Gasteiger partial charge < -0.3 is 5.32 Å². The fourth-order valence-electron chi connectivity index (χ4n) is 2.47. The minimum atomic E-state index is -0.409. The van der Waals surface area contributed by atoms with Crippen LogP contribution < -0.4 is 5.32 Å². The van der Waals surface area contributed by atoms with E-state index >= 15 is 0 Å². The van der Waals surface area contributed by atoms with E-state index in [4.69, 9.17) is 34.8 Å². The smallest absolute Gasteiger partial charge is 0.234 e. The van der Waals surface area contributed by atoms with Crippen LogP contribution in [0.5, 0.6) is 0 Å². The first-order chi connectivity index (χ1) is 13.9. The van der Waals surface area contributed by atoms with Crippen molar-refractivity contribution in [3.8, 4) is 11.4 Å². The largest absolute Gasteiger partial charge is 0.324 e. The summed E-state index contributed by atoms with van der Waals surface area (Å²) in [6.45, 7) is 4.07. The van der Waals surface area contributed by atoms with Crippen molar-refractivity contribution >= 4 is 58.2 Å². The number of allylic oxidation sites excluding steroid dienone is 1. The molecule has 0 aliphatic heterocycles. The fraction of sp³-hybridized carbons (Fsp3) is 0.105. The van der Waals surface area contributed by atoms with Crippen LogP contribution in [-0.2, 0) is 11.3 Å². The zero-order valence-electron chi connectivity index (χ0n) is 14.8. The van der Waals surface area contributed by atoms with Gasteiger partial charge in [0.2, 0.25) is 5.91 Å². The van der Waals surface area contributed by atoms with Gasteiger partial charge in [0.15, 0.2) is 11.0 Å². The Labute approximate surface area is 185 Å². The van der Waals surface area contributed by atoms with E-state index in [-0.39, 0.29) is 21.7 Å². The molecule has 1 amide bonds. The third kappa shape index (κ3) is 5.11. The summed E-state index contributed by atoms with van der Waals surface area (Å²) >= 11 is 19.1. The lowest BCUT2D eigenvalue weighted by molar-refractivity contribution is -0.113. The monoisotopic (exact) mass is 470 g/mol. The van der Waals surface area contributed by atoms with Crippen LogP contribution in [0.1, 0.15) is 0 Å². The van der Waals surface area contributed by atoms with Gasteiger partial charge in [0, 0.05) is 6.54 Å². The summed E-state index contributed by atoms with van der Waals surface area (Å²) in [4.78, 5) is 12.3. The van der Waals surface area contributed by atoms with Crippen molar-refractivity contribution in [1.29, 1.82) is 0 Å². The Kier molecular flexibility index (Phi) is 7.18. The lowest BCUT2D eigenvalue weighted by atomic mass is 10.2. The summed E-state index contributed by atoms with van der Waals surface area (Å²) in [7, 11) is 0. The number of benzene rings is 2. The quantitative estimate of drug-likeness (QED) is 0.262. The number of aromatic nitrogens is 3. The van der Waals surface area contributed by atoms with Crippen LogP contribution in [0.25, 0.3) is 11.4 Å². The molecular formula is C19H14Cl3FN4OS. The number of anilines is 1. The van der Waals surface area contributed by atoms with Gasteiger partial charge in [-0.25, -0.2) is 4.39 Å². The highest BCUT2D eigenvalue weighted by atomic mass is 35.5. The molecule has 3 aromatic rings. The summed E-state index contributed by atoms with van der Waals surface area (Å²) < 4.78 is 15.8. The van der Waals surface area contributed by atoms with E-state index in [0.717, 1.165) is 11.8 Å². The van der Waals surface area contributed by atoms with E-state index in [1.54, 1.807) is 28.8 Å². The lowest BCUT2D eigenvalue weighted by Gasteiger charge is -2.10. The predicted molar refractivity (Wildman–Crippen MR) is 116 cm³/mol. The molecule has 0 fully saturated rings. The Morgan fingerprint density at radius 2 is 1.90 bits per heavy atom. The van der Waals surface area contributed by atoms with Gasteiger partial charge in [0.1, 0.15) is 5.82 Å². The predicted octanol–water partition coefficient (Wildman–Crippen LogP) is 5.96. The number of halogens is 4. The van der Waals surface area contributed by atoms with Crippen LogP contribution in [0, 0.1) is 5.82 Å². The van der Waals surface area contributed by atoms with Gasteiger partial charge in [-0.15, -0.1) is 16.8 Å². The molecule has 0 saturated heterocycles. The molecule has 0 atom stereocenters. The van der Waals surface area contributed by atoms with Gasteiger partial charge in [-0.1, -0.05) is 64.8 Å². The van der Waals surface area contributed by atoms with Crippen molar-refractivity contribution in [3.05, 3.63) is 69.9 Å². The number of hydrogen-bond acceptors (Lipinski definition) is 4. The maximum absolute atomic E-state index is 14.1. The molecule has 0 unspecified atom stereocenters. The molecule has 150 valence electrons. The highest BCUT2D eigenvalue weighted by Gasteiger charge is 2.18. The van der Waals surface area contributed by atoms with Crippen LogP contribution in [0.15, 0.2) is 54.2 Å². The SMILES string of the molecule is C=CCn1c(SCC(=O)Nc2cc(Cl)c(Cl)cc2Cl)nnc1-c1ccccc1F. The van der Waals surface area contributed by atoms with Crippen molar-refractivity contribution in [2.75, 3.05) is 11.1 Å². The van der Waals surface area contributed by atoms with Crippen LogP contribution in [0.4, 0.5) is 10.1 Å². The summed E-state index contributed by atoms with van der Waals surface area (Å²) in [6, 6.07) is 9.21. The Balaban J connectivity index is 1.75. The van der Waals surface area contributed by atoms with E-state index in [0.29, 0.717) is 33.8 Å². The molecule has 0 spiro atoms. The second kappa shape index (κ2) is 9.63. The summed E-state index contributed by atoms with van der Waals surface area (Å²) in [5, 5.41) is 12.1. The van der Waals surface area contributed by atoms with Crippen molar-refractivity contribution < 1.29 is 9.18 Å². The molecule has 5 nitrogen and oxygen atoms in total. The average molecular weight is 472 g/mol. The Morgan fingerprint density at radius 1 is 1.17 bits per heavy atom. The number of nitrogens with zero attached hydrogens (tertiary/aromatic N) is 3. The number of rotatable bonds is 7. The average Bonchev–Trinajstić information content (AvgIpc) is 3.07. The molecule has 1 heterocycles. The first-order valence-corrected chi connectivity index (χ1v) is 10.4. The number of carbonyl (C=O) groups is 1. The van der Waals surface area contributed by atoms with Gasteiger partial charge >= 0.3 is 0 Å². The van der Waals surface area contributed by atoms with Crippen LogP contribution in [-0.4, -0.2) is 26.4 Å². The third-order valence-electron chi connectivity index (χ3n) is 3.76. The minimum Gasteiger partial charge on any atom is -0.324 e. The van der Waals surface area contributed by atoms with Crippen molar-refractivity contribution in [1.82, 2.24) is 14.8 Å². The molecular weight excluding hydrogens is 458 g/mol. The number of carbonyl (C=O) groups excluding carboxylic acids is 1. The first kappa shape index (κ1) is 21.6. The van der Waals surface area contributed by atoms with Crippen LogP contribution >= 0.6 is 46.6 Å². The molecule has 10 heteroatoms. The van der Waals surface area contributed by atoms with E-state index < -0.39 is 5.82 Å². The second-order valence-electron chi connectivity index (χ2n) is 5.77. The van der Waals surface area contributed by atoms with E-state index in [9.17, 15) is 9.18 Å². The topological polar surface area (TPSA) is 59.8 Å². The van der Waals surface area contributed by atoms with Crippen molar-refractivity contribution in [3.63, 3.8) is 0 Å². The fourth-order valence-corrected chi connectivity index (χ4v) is 3.81. The molecule has 0 aliphatic carbocycles. The second-order valence-corrected chi connectivity index (χ2v) is 7.93. The normalized spacial score (nSPS) is 10.8. The van der Waals surface area contributed by atoms with Gasteiger partial charge in [-0.2, -0.15) is 0 Å². The third-order valence-corrected chi connectivity index (χ3v) is 5.76. The molecule has 1 aromatic heterocycles. The van der Waals surface area contributed by atoms with Gasteiger partial charge in [-0.05, 0) is 24.3 Å². The highest BCUT2D eigenvalue weighted by molar-refractivity contribution is 7.99. The highest BCUT2D eigenvalue weighted by Crippen LogP contribution is 2.32. The summed E-state index contributed by atoms with van der Waals surface area (Å²) in [5.41, 5.74) is 0.673. The minimum absolute atomic E-state index is 0.0309. The molecule has 0 saturated carbocycles. The van der Waals surface area contributed by atoms with Crippen LogP contribution in [0.3, 0.4) is 0 Å². The lowest BCUT2D eigenvalue weighted by Crippen LogP contribution is -2.15. The van der Waals surface area contributed by atoms with E-state index in [1.165, 1.54) is 18.2 Å². The van der Waals surface area contributed by atoms with Crippen molar-refractivity contribution in [2.24, 2.45) is 0 Å². The Bertz CT molecular complexity index is 1070. The number of amides is 1. The van der Waals surface area contributed by atoms with Gasteiger partial charge in [0.25, 0.3) is 0 Å². The maximum atomic E-state index is 14.1. The van der Waals surface area contributed by atoms with E-state index in [2.05, 4.69) is 22.1 Å². The molecule has 2 aromatic carbocycles. The molecule has 29 heavy (non-hydrogen) atoms. The number of thioether (sulfide) groups is 1. The summed E-state index contributed by atoms with van der Waals surface area (Å²) in [6.07, 6.45) is 1.65. The maximum Gasteiger partial charge on any atom is 0.234 e. The molecule has 0 radical (unpaired) electrons. The molecule has 1 N–H and O–H groups in total. The Morgan fingerprint density at radius 3 is 2.62 bits per heavy atom. The first-order valence-electron chi connectivity index (χ1n) is 8.27. The molecule has 0 bridgehead atoms.